The minimum absolute atomic E-state index is 0.247. The van der Waals surface area contributed by atoms with Crippen LogP contribution in [0.1, 0.15) is 38.5 Å². The van der Waals surface area contributed by atoms with E-state index in [-0.39, 0.29) is 22.1 Å². The average molecular weight is 399 g/mol. The molecule has 1 aromatic heterocycles. The Morgan fingerprint density at radius 3 is 2.46 bits per heavy atom. The first-order valence-electron chi connectivity index (χ1n) is 8.76. The van der Waals surface area contributed by atoms with Crippen molar-refractivity contribution in [2.45, 2.75) is 19.3 Å². The molecule has 0 saturated heterocycles. The summed E-state index contributed by atoms with van der Waals surface area (Å²) in [4.78, 5) is 24.9. The Kier molecular flexibility index (Phi) is 4.83. The van der Waals surface area contributed by atoms with E-state index in [4.69, 9.17) is 11.6 Å². The molecule has 0 radical (unpaired) electrons. The minimum atomic E-state index is -0.520. The van der Waals surface area contributed by atoms with Crippen molar-refractivity contribution in [3.8, 4) is 5.69 Å². The highest BCUT2D eigenvalue weighted by Gasteiger charge is 2.27. The van der Waals surface area contributed by atoms with Crippen molar-refractivity contribution >= 4 is 23.4 Å². The molecular weight excluding hydrogens is 383 g/mol. The molecule has 0 atom stereocenters. The number of aromatic nitrogens is 2. The molecule has 8 heteroatoms. The Balaban J connectivity index is 1.55. The van der Waals surface area contributed by atoms with E-state index >= 15 is 0 Å². The van der Waals surface area contributed by atoms with Gasteiger partial charge in [0.2, 0.25) is 0 Å². The third kappa shape index (κ3) is 3.36. The van der Waals surface area contributed by atoms with Gasteiger partial charge < -0.3 is 0 Å². The summed E-state index contributed by atoms with van der Waals surface area (Å²) in [6.07, 6.45) is 2.40. The van der Waals surface area contributed by atoms with Crippen LogP contribution < -0.4 is 10.9 Å². The molecule has 1 heterocycles. The zero-order valence-corrected chi connectivity index (χ0v) is 15.5. The van der Waals surface area contributed by atoms with Gasteiger partial charge >= 0.3 is 0 Å². The summed E-state index contributed by atoms with van der Waals surface area (Å²) in [6.45, 7) is 0. The Morgan fingerprint density at radius 2 is 1.71 bits per heavy atom. The maximum atomic E-state index is 13.2. The van der Waals surface area contributed by atoms with Crippen LogP contribution in [0.3, 0.4) is 0 Å². The number of nitrogens with one attached hydrogen (secondary N) is 2. The third-order valence-electron chi connectivity index (χ3n) is 4.62. The van der Waals surface area contributed by atoms with Crippen LogP contribution in [-0.2, 0) is 12.8 Å². The van der Waals surface area contributed by atoms with Crippen LogP contribution in [0.2, 0.25) is 5.02 Å². The normalized spacial score (nSPS) is 12.5. The zero-order valence-electron chi connectivity index (χ0n) is 14.7. The van der Waals surface area contributed by atoms with Crippen molar-refractivity contribution in [1.29, 1.82) is 0 Å². The lowest BCUT2D eigenvalue weighted by Crippen LogP contribution is -2.42. The van der Waals surface area contributed by atoms with Gasteiger partial charge in [-0.25, -0.2) is 9.07 Å². The molecule has 1 aliphatic rings. The Labute approximate surface area is 165 Å². The SMILES string of the molecule is O=C(NNC(=O)c1nn(-c2ccc(F)cc2)c2c1CCC2)c1ccccc1Cl. The van der Waals surface area contributed by atoms with Gasteiger partial charge in [0.1, 0.15) is 5.82 Å². The van der Waals surface area contributed by atoms with Crippen LogP contribution in [0.5, 0.6) is 0 Å². The fraction of sp³-hybridized carbons (Fsp3) is 0.150. The van der Waals surface area contributed by atoms with E-state index in [1.165, 1.54) is 12.1 Å². The third-order valence-corrected chi connectivity index (χ3v) is 4.95. The molecule has 142 valence electrons. The molecule has 2 aromatic carbocycles. The van der Waals surface area contributed by atoms with E-state index in [1.54, 1.807) is 41.1 Å². The smallest absolute Gasteiger partial charge is 0.267 e. The second-order valence-corrected chi connectivity index (χ2v) is 6.81. The van der Waals surface area contributed by atoms with Crippen molar-refractivity contribution in [2.24, 2.45) is 0 Å². The number of rotatable bonds is 3. The number of hydrogen-bond donors (Lipinski definition) is 2. The zero-order chi connectivity index (χ0) is 19.7. The number of halogens is 2. The molecule has 0 aliphatic heterocycles. The molecule has 0 unspecified atom stereocenters. The van der Waals surface area contributed by atoms with Crippen molar-refractivity contribution in [3.63, 3.8) is 0 Å². The molecule has 0 saturated carbocycles. The summed E-state index contributed by atoms with van der Waals surface area (Å²) >= 11 is 5.99. The standard InChI is InChI=1S/C20H16ClFN4O2/c21-16-6-2-1-4-14(16)19(27)23-24-20(28)18-15-5-3-7-17(15)26(25-18)13-10-8-12(22)9-11-13/h1-2,4,6,8-11H,3,5,7H2,(H,23,27)(H,24,28). The first-order valence-corrected chi connectivity index (χ1v) is 9.14. The van der Waals surface area contributed by atoms with Gasteiger partial charge in [-0.05, 0) is 55.7 Å². The van der Waals surface area contributed by atoms with E-state index in [9.17, 15) is 14.0 Å². The van der Waals surface area contributed by atoms with Crippen molar-refractivity contribution in [1.82, 2.24) is 20.6 Å². The van der Waals surface area contributed by atoms with Crippen LogP contribution in [0, 0.1) is 5.82 Å². The fourth-order valence-electron chi connectivity index (χ4n) is 3.30. The number of amides is 2. The number of nitrogens with zero attached hydrogens (tertiary/aromatic N) is 2. The maximum Gasteiger partial charge on any atom is 0.290 e. The fourth-order valence-corrected chi connectivity index (χ4v) is 3.52. The van der Waals surface area contributed by atoms with Gasteiger partial charge in [-0.2, -0.15) is 5.10 Å². The Hall–Kier alpha value is -3.19. The lowest BCUT2D eigenvalue weighted by molar-refractivity contribution is 0.0843. The highest BCUT2D eigenvalue weighted by atomic mass is 35.5. The quantitative estimate of drug-likeness (QED) is 0.665. The van der Waals surface area contributed by atoms with Crippen LogP contribution in [0.4, 0.5) is 4.39 Å². The molecule has 6 nitrogen and oxygen atoms in total. The number of fused-ring (bicyclic) bond motifs is 1. The highest BCUT2D eigenvalue weighted by molar-refractivity contribution is 6.33. The predicted molar refractivity (Wildman–Crippen MR) is 102 cm³/mol. The summed E-state index contributed by atoms with van der Waals surface area (Å²) in [6, 6.07) is 12.5. The highest BCUT2D eigenvalue weighted by Crippen LogP contribution is 2.27. The van der Waals surface area contributed by atoms with Gasteiger partial charge in [-0.1, -0.05) is 23.7 Å². The van der Waals surface area contributed by atoms with Gasteiger partial charge in [-0.3, -0.25) is 20.4 Å². The molecular formula is C20H16ClFN4O2. The summed E-state index contributed by atoms with van der Waals surface area (Å²) in [7, 11) is 0. The molecule has 2 amide bonds. The topological polar surface area (TPSA) is 76.0 Å². The summed E-state index contributed by atoms with van der Waals surface area (Å²) in [5.74, 6) is -1.37. The average Bonchev–Trinajstić information content (AvgIpc) is 3.30. The van der Waals surface area contributed by atoms with E-state index in [0.717, 1.165) is 30.5 Å². The summed E-state index contributed by atoms with van der Waals surface area (Å²) in [5, 5.41) is 4.69. The van der Waals surface area contributed by atoms with Crippen LogP contribution in [0.25, 0.3) is 5.69 Å². The van der Waals surface area contributed by atoms with Gasteiger partial charge in [0.25, 0.3) is 11.8 Å². The Bertz CT molecular complexity index is 1060. The van der Waals surface area contributed by atoms with Crippen molar-refractivity contribution in [2.75, 3.05) is 0 Å². The van der Waals surface area contributed by atoms with Gasteiger partial charge in [0, 0.05) is 11.3 Å². The van der Waals surface area contributed by atoms with E-state index < -0.39 is 11.8 Å². The van der Waals surface area contributed by atoms with E-state index in [0.29, 0.717) is 5.69 Å². The Morgan fingerprint density at radius 1 is 1.00 bits per heavy atom. The molecule has 0 bridgehead atoms. The number of hydrazine groups is 1. The van der Waals surface area contributed by atoms with Crippen LogP contribution in [-0.4, -0.2) is 21.6 Å². The predicted octanol–water partition coefficient (Wildman–Crippen LogP) is 3.23. The minimum Gasteiger partial charge on any atom is -0.267 e. The molecule has 3 aromatic rings. The summed E-state index contributed by atoms with van der Waals surface area (Å²) < 4.78 is 14.9. The lowest BCUT2D eigenvalue weighted by Gasteiger charge is -2.08. The lowest BCUT2D eigenvalue weighted by atomic mass is 10.2. The van der Waals surface area contributed by atoms with Crippen LogP contribution in [0.15, 0.2) is 48.5 Å². The first-order chi connectivity index (χ1) is 13.5. The second-order valence-electron chi connectivity index (χ2n) is 6.40. The number of carbonyl (C=O) groups excluding carboxylic acids is 2. The molecule has 0 spiro atoms. The van der Waals surface area contributed by atoms with E-state index in [2.05, 4.69) is 16.0 Å². The van der Waals surface area contributed by atoms with Crippen molar-refractivity contribution in [3.05, 3.63) is 81.9 Å². The van der Waals surface area contributed by atoms with Gasteiger partial charge in [-0.15, -0.1) is 0 Å². The first kappa shape index (κ1) is 18.2. The molecule has 1 aliphatic carbocycles. The van der Waals surface area contributed by atoms with Gasteiger partial charge in [0.05, 0.1) is 16.3 Å². The monoisotopic (exact) mass is 398 g/mol. The van der Waals surface area contributed by atoms with Crippen molar-refractivity contribution < 1.29 is 14.0 Å². The molecule has 4 rings (SSSR count). The molecule has 28 heavy (non-hydrogen) atoms. The van der Waals surface area contributed by atoms with Gasteiger partial charge in [0.15, 0.2) is 5.69 Å². The number of carbonyl (C=O) groups is 2. The molecule has 2 N–H and O–H groups in total. The van der Waals surface area contributed by atoms with E-state index in [1.807, 2.05) is 0 Å². The van der Waals surface area contributed by atoms with Crippen LogP contribution >= 0.6 is 11.6 Å². The maximum absolute atomic E-state index is 13.2. The largest absolute Gasteiger partial charge is 0.290 e. The number of benzene rings is 2. The molecule has 0 fully saturated rings. The second kappa shape index (κ2) is 7.44. The summed E-state index contributed by atoms with van der Waals surface area (Å²) in [5.41, 5.74) is 7.71. The number of hydrogen-bond acceptors (Lipinski definition) is 3.